The highest BCUT2D eigenvalue weighted by Crippen LogP contribution is 2.22. The Labute approximate surface area is 105 Å². The van der Waals surface area contributed by atoms with Gasteiger partial charge in [0.2, 0.25) is 0 Å². The van der Waals surface area contributed by atoms with Crippen molar-refractivity contribution in [3.63, 3.8) is 0 Å². The van der Waals surface area contributed by atoms with Crippen molar-refractivity contribution < 1.29 is 4.74 Å². The minimum absolute atomic E-state index is 0.701. The number of imidazole rings is 1. The fourth-order valence-electron chi connectivity index (χ4n) is 2.37. The second-order valence-corrected chi connectivity index (χ2v) is 4.99. The van der Waals surface area contributed by atoms with E-state index < -0.39 is 0 Å². The molecule has 0 saturated carbocycles. The number of ether oxygens (including phenoxy) is 1. The van der Waals surface area contributed by atoms with Crippen LogP contribution in [0, 0.1) is 5.92 Å². The molecule has 90 valence electrons. The molecule has 1 aliphatic rings. The van der Waals surface area contributed by atoms with E-state index in [1.807, 2.05) is 22.7 Å². The Morgan fingerprint density at radius 3 is 3.00 bits per heavy atom. The summed E-state index contributed by atoms with van der Waals surface area (Å²) >= 11 is 6.11. The normalized spacial score (nSPS) is 17.7. The maximum atomic E-state index is 6.11. The molecule has 3 rings (SSSR count). The predicted molar refractivity (Wildman–Crippen MR) is 67.4 cm³/mol. The lowest BCUT2D eigenvalue weighted by atomic mass is 9.95. The van der Waals surface area contributed by atoms with Crippen molar-refractivity contribution >= 4 is 17.2 Å². The maximum absolute atomic E-state index is 6.11. The molecule has 0 radical (unpaired) electrons. The largest absolute Gasteiger partial charge is 0.381 e. The molecule has 0 aromatic carbocycles. The quantitative estimate of drug-likeness (QED) is 0.819. The van der Waals surface area contributed by atoms with Crippen molar-refractivity contribution in [1.82, 2.24) is 9.38 Å². The number of fused-ring (bicyclic) bond motifs is 1. The Morgan fingerprint density at radius 1 is 1.41 bits per heavy atom. The van der Waals surface area contributed by atoms with Crippen LogP contribution >= 0.6 is 11.6 Å². The van der Waals surface area contributed by atoms with Crippen LogP contribution in [0.25, 0.3) is 5.65 Å². The van der Waals surface area contributed by atoms with E-state index in [-0.39, 0.29) is 0 Å². The molecule has 4 heteroatoms. The molecule has 0 bridgehead atoms. The van der Waals surface area contributed by atoms with Crippen LogP contribution in [-0.2, 0) is 11.2 Å². The Bertz CT molecular complexity index is 517. The number of hydrogen-bond donors (Lipinski definition) is 0. The Kier molecular flexibility index (Phi) is 3.04. The van der Waals surface area contributed by atoms with Gasteiger partial charge in [-0.1, -0.05) is 11.6 Å². The van der Waals surface area contributed by atoms with Crippen LogP contribution in [0.2, 0.25) is 5.02 Å². The Balaban J connectivity index is 1.83. The topological polar surface area (TPSA) is 26.5 Å². The molecule has 0 amide bonds. The molecular formula is C13H15ClN2O. The van der Waals surface area contributed by atoms with E-state index in [4.69, 9.17) is 16.3 Å². The van der Waals surface area contributed by atoms with Gasteiger partial charge in [0.05, 0.1) is 10.7 Å². The maximum Gasteiger partial charge on any atom is 0.155 e. The first-order valence-electron chi connectivity index (χ1n) is 6.03. The molecule has 1 fully saturated rings. The van der Waals surface area contributed by atoms with Crippen molar-refractivity contribution in [1.29, 1.82) is 0 Å². The molecule has 2 aromatic rings. The van der Waals surface area contributed by atoms with Gasteiger partial charge < -0.3 is 9.14 Å². The van der Waals surface area contributed by atoms with Crippen molar-refractivity contribution in [2.24, 2.45) is 5.92 Å². The second-order valence-electron chi connectivity index (χ2n) is 4.58. The van der Waals surface area contributed by atoms with Gasteiger partial charge in [0.1, 0.15) is 0 Å². The van der Waals surface area contributed by atoms with Crippen LogP contribution in [-0.4, -0.2) is 22.6 Å². The van der Waals surface area contributed by atoms with Crippen molar-refractivity contribution in [3.8, 4) is 0 Å². The number of rotatable bonds is 2. The van der Waals surface area contributed by atoms with Crippen LogP contribution in [0.15, 0.2) is 24.5 Å². The number of hydrogen-bond acceptors (Lipinski definition) is 2. The third kappa shape index (κ3) is 2.31. The van der Waals surface area contributed by atoms with Gasteiger partial charge in [0.15, 0.2) is 5.65 Å². The lowest BCUT2D eigenvalue weighted by Gasteiger charge is -2.20. The molecule has 1 saturated heterocycles. The van der Waals surface area contributed by atoms with Gasteiger partial charge in [-0.05, 0) is 37.3 Å². The highest BCUT2D eigenvalue weighted by Gasteiger charge is 2.16. The van der Waals surface area contributed by atoms with Gasteiger partial charge in [0.25, 0.3) is 0 Å². The SMILES string of the molecule is Clc1cccn2cc(CC3CCOCC3)nc12. The third-order valence-electron chi connectivity index (χ3n) is 3.32. The number of pyridine rings is 1. The highest BCUT2D eigenvalue weighted by molar-refractivity contribution is 6.33. The molecule has 1 aliphatic heterocycles. The van der Waals surface area contributed by atoms with E-state index in [9.17, 15) is 0 Å². The van der Waals surface area contributed by atoms with Crippen LogP contribution < -0.4 is 0 Å². The molecule has 0 unspecified atom stereocenters. The van der Waals surface area contributed by atoms with Gasteiger partial charge in [0, 0.05) is 25.6 Å². The standard InChI is InChI=1S/C13H15ClN2O/c14-12-2-1-5-16-9-11(15-13(12)16)8-10-3-6-17-7-4-10/h1-2,5,9-10H,3-4,6-8H2. The van der Waals surface area contributed by atoms with Gasteiger partial charge in [-0.15, -0.1) is 0 Å². The first kappa shape index (κ1) is 11.1. The smallest absolute Gasteiger partial charge is 0.155 e. The average Bonchev–Trinajstić information content (AvgIpc) is 2.74. The van der Waals surface area contributed by atoms with Crippen molar-refractivity contribution in [3.05, 3.63) is 35.2 Å². The first-order chi connectivity index (χ1) is 8.33. The van der Waals surface area contributed by atoms with Crippen LogP contribution in [0.4, 0.5) is 0 Å². The molecule has 0 spiro atoms. The summed E-state index contributed by atoms with van der Waals surface area (Å²) in [5.41, 5.74) is 1.99. The average molecular weight is 251 g/mol. The zero-order valence-electron chi connectivity index (χ0n) is 9.60. The summed E-state index contributed by atoms with van der Waals surface area (Å²) in [6.45, 7) is 1.78. The third-order valence-corrected chi connectivity index (χ3v) is 3.62. The predicted octanol–water partition coefficient (Wildman–Crippen LogP) is 2.96. The summed E-state index contributed by atoms with van der Waals surface area (Å²) in [4.78, 5) is 4.60. The number of aromatic nitrogens is 2. The lowest BCUT2D eigenvalue weighted by molar-refractivity contribution is 0.0663. The lowest BCUT2D eigenvalue weighted by Crippen LogP contribution is -2.17. The van der Waals surface area contributed by atoms with E-state index in [2.05, 4.69) is 11.2 Å². The zero-order valence-corrected chi connectivity index (χ0v) is 10.4. The summed E-state index contributed by atoms with van der Waals surface area (Å²) in [7, 11) is 0. The van der Waals surface area contributed by atoms with E-state index in [0.717, 1.165) is 43.8 Å². The van der Waals surface area contributed by atoms with Crippen LogP contribution in [0.3, 0.4) is 0 Å². The van der Waals surface area contributed by atoms with Gasteiger partial charge in [-0.3, -0.25) is 0 Å². The molecule has 17 heavy (non-hydrogen) atoms. The zero-order chi connectivity index (χ0) is 11.7. The summed E-state index contributed by atoms with van der Waals surface area (Å²) in [5.74, 6) is 0.701. The van der Waals surface area contributed by atoms with E-state index in [0.29, 0.717) is 10.9 Å². The fourth-order valence-corrected chi connectivity index (χ4v) is 2.59. The molecule has 0 aliphatic carbocycles. The van der Waals surface area contributed by atoms with E-state index in [1.54, 1.807) is 0 Å². The molecule has 0 N–H and O–H groups in total. The highest BCUT2D eigenvalue weighted by atomic mass is 35.5. The molecular weight excluding hydrogens is 236 g/mol. The first-order valence-corrected chi connectivity index (χ1v) is 6.40. The van der Waals surface area contributed by atoms with Gasteiger partial charge in [-0.2, -0.15) is 0 Å². The second kappa shape index (κ2) is 4.67. The fraction of sp³-hybridized carbons (Fsp3) is 0.462. The Morgan fingerprint density at radius 2 is 2.24 bits per heavy atom. The van der Waals surface area contributed by atoms with Crippen molar-refractivity contribution in [2.75, 3.05) is 13.2 Å². The summed E-state index contributed by atoms with van der Waals surface area (Å²) < 4.78 is 7.37. The minimum Gasteiger partial charge on any atom is -0.381 e. The van der Waals surface area contributed by atoms with E-state index in [1.165, 1.54) is 0 Å². The van der Waals surface area contributed by atoms with E-state index >= 15 is 0 Å². The van der Waals surface area contributed by atoms with Crippen molar-refractivity contribution in [2.45, 2.75) is 19.3 Å². The number of halogens is 1. The molecule has 2 aromatic heterocycles. The summed E-state index contributed by atoms with van der Waals surface area (Å²) in [6.07, 6.45) is 7.38. The van der Waals surface area contributed by atoms with Crippen LogP contribution in [0.5, 0.6) is 0 Å². The Hall–Kier alpha value is -1.06. The monoisotopic (exact) mass is 250 g/mol. The summed E-state index contributed by atoms with van der Waals surface area (Å²) in [5, 5.41) is 0.714. The summed E-state index contributed by atoms with van der Waals surface area (Å²) in [6, 6.07) is 3.82. The molecule has 3 nitrogen and oxygen atoms in total. The van der Waals surface area contributed by atoms with Crippen LogP contribution in [0.1, 0.15) is 18.5 Å². The molecule has 3 heterocycles. The molecule has 0 atom stereocenters. The minimum atomic E-state index is 0.701. The number of nitrogens with zero attached hydrogens (tertiary/aromatic N) is 2. The van der Waals surface area contributed by atoms with Gasteiger partial charge in [-0.25, -0.2) is 4.98 Å². The van der Waals surface area contributed by atoms with Gasteiger partial charge >= 0.3 is 0 Å².